The molecule has 0 saturated heterocycles. The van der Waals surface area contributed by atoms with Gasteiger partial charge >= 0.3 is 0 Å². The summed E-state index contributed by atoms with van der Waals surface area (Å²) in [6.45, 7) is 0.577. The number of aromatic nitrogens is 1. The van der Waals surface area contributed by atoms with Crippen LogP contribution >= 0.6 is 22.9 Å². The van der Waals surface area contributed by atoms with Crippen LogP contribution in [-0.4, -0.2) is 22.8 Å². The Labute approximate surface area is 109 Å². The van der Waals surface area contributed by atoms with Crippen molar-refractivity contribution in [2.24, 2.45) is 0 Å². The fourth-order valence-electron chi connectivity index (χ4n) is 1.47. The van der Waals surface area contributed by atoms with Crippen LogP contribution in [0.3, 0.4) is 0 Å². The molecule has 0 bridgehead atoms. The predicted molar refractivity (Wildman–Crippen MR) is 69.4 cm³/mol. The Kier molecular flexibility index (Phi) is 3.76. The maximum Gasteiger partial charge on any atom is 0.256 e. The number of thiophene rings is 1. The average molecular weight is 267 g/mol. The second kappa shape index (κ2) is 5.29. The van der Waals surface area contributed by atoms with Gasteiger partial charge in [0.05, 0.1) is 10.6 Å². The van der Waals surface area contributed by atoms with Crippen LogP contribution in [0, 0.1) is 0 Å². The molecule has 5 heteroatoms. The standard InChI is InChI=1S/C12H11ClN2OS/c1-15(7-9-3-5-17-8-9)12(16)10-6-14-4-2-11(10)13/h2-6,8H,7H2,1H3. The van der Waals surface area contributed by atoms with E-state index in [4.69, 9.17) is 11.6 Å². The van der Waals surface area contributed by atoms with Crippen molar-refractivity contribution in [1.29, 1.82) is 0 Å². The zero-order valence-corrected chi connectivity index (χ0v) is 10.8. The molecule has 2 rings (SSSR count). The Morgan fingerprint density at radius 1 is 1.53 bits per heavy atom. The zero-order valence-electron chi connectivity index (χ0n) is 9.26. The molecule has 0 radical (unpaired) electrons. The monoisotopic (exact) mass is 266 g/mol. The lowest BCUT2D eigenvalue weighted by atomic mass is 10.2. The molecule has 0 saturated carbocycles. The molecule has 0 N–H and O–H groups in total. The summed E-state index contributed by atoms with van der Waals surface area (Å²) >= 11 is 7.58. The first kappa shape index (κ1) is 12.1. The average Bonchev–Trinajstić information content (AvgIpc) is 2.81. The molecule has 2 aromatic rings. The van der Waals surface area contributed by atoms with Gasteiger partial charge in [0.25, 0.3) is 5.91 Å². The van der Waals surface area contributed by atoms with E-state index < -0.39 is 0 Å². The number of pyridine rings is 1. The molecule has 1 amide bonds. The molecule has 0 spiro atoms. The maximum atomic E-state index is 12.1. The number of hydrogen-bond donors (Lipinski definition) is 0. The first-order valence-electron chi connectivity index (χ1n) is 5.04. The summed E-state index contributed by atoms with van der Waals surface area (Å²) in [6.07, 6.45) is 3.06. The molecule has 88 valence electrons. The van der Waals surface area contributed by atoms with E-state index in [1.165, 1.54) is 6.20 Å². The van der Waals surface area contributed by atoms with Gasteiger partial charge in [-0.25, -0.2) is 0 Å². The summed E-state index contributed by atoms with van der Waals surface area (Å²) in [5, 5.41) is 4.45. The molecule has 0 aliphatic carbocycles. The number of rotatable bonds is 3. The van der Waals surface area contributed by atoms with Gasteiger partial charge in [0.1, 0.15) is 0 Å². The fraction of sp³-hybridized carbons (Fsp3) is 0.167. The Hall–Kier alpha value is -1.39. The largest absolute Gasteiger partial charge is 0.337 e. The van der Waals surface area contributed by atoms with Crippen LogP contribution in [0.5, 0.6) is 0 Å². The van der Waals surface area contributed by atoms with E-state index in [1.54, 1.807) is 35.5 Å². The third-order valence-corrected chi connectivity index (χ3v) is 3.41. The summed E-state index contributed by atoms with van der Waals surface area (Å²) in [4.78, 5) is 17.6. The number of hydrogen-bond acceptors (Lipinski definition) is 3. The van der Waals surface area contributed by atoms with Crippen LogP contribution in [-0.2, 0) is 6.54 Å². The number of carbonyl (C=O) groups excluding carboxylic acids is 1. The quantitative estimate of drug-likeness (QED) is 0.855. The van der Waals surface area contributed by atoms with Gasteiger partial charge in [0.2, 0.25) is 0 Å². The van der Waals surface area contributed by atoms with Crippen LogP contribution in [0.4, 0.5) is 0 Å². The van der Waals surface area contributed by atoms with E-state index in [0.717, 1.165) is 5.56 Å². The van der Waals surface area contributed by atoms with Crippen molar-refractivity contribution in [3.63, 3.8) is 0 Å². The van der Waals surface area contributed by atoms with Crippen molar-refractivity contribution >= 4 is 28.8 Å². The molecule has 17 heavy (non-hydrogen) atoms. The summed E-state index contributed by atoms with van der Waals surface area (Å²) in [7, 11) is 1.75. The maximum absolute atomic E-state index is 12.1. The first-order valence-corrected chi connectivity index (χ1v) is 6.36. The lowest BCUT2D eigenvalue weighted by Crippen LogP contribution is -2.26. The Bertz CT molecular complexity index is 513. The Morgan fingerprint density at radius 2 is 2.35 bits per heavy atom. The summed E-state index contributed by atoms with van der Waals surface area (Å²) in [5.41, 5.74) is 1.55. The Morgan fingerprint density at radius 3 is 3.00 bits per heavy atom. The summed E-state index contributed by atoms with van der Waals surface area (Å²) < 4.78 is 0. The van der Waals surface area contributed by atoms with Gasteiger partial charge in [-0.3, -0.25) is 9.78 Å². The van der Waals surface area contributed by atoms with Crippen molar-refractivity contribution in [2.75, 3.05) is 7.05 Å². The second-order valence-corrected chi connectivity index (χ2v) is 4.84. The van der Waals surface area contributed by atoms with Gasteiger partial charge in [0.15, 0.2) is 0 Å². The van der Waals surface area contributed by atoms with Crippen molar-refractivity contribution in [1.82, 2.24) is 9.88 Å². The third-order valence-electron chi connectivity index (χ3n) is 2.34. The smallest absolute Gasteiger partial charge is 0.256 e. The molecular weight excluding hydrogens is 256 g/mol. The highest BCUT2D eigenvalue weighted by atomic mass is 35.5. The van der Waals surface area contributed by atoms with Crippen LogP contribution in [0.15, 0.2) is 35.3 Å². The van der Waals surface area contributed by atoms with Gasteiger partial charge in [-0.15, -0.1) is 0 Å². The minimum absolute atomic E-state index is 0.116. The molecule has 0 aliphatic heterocycles. The van der Waals surface area contributed by atoms with Gasteiger partial charge < -0.3 is 4.90 Å². The third kappa shape index (κ3) is 2.84. The van der Waals surface area contributed by atoms with Crippen LogP contribution in [0.25, 0.3) is 0 Å². The van der Waals surface area contributed by atoms with E-state index in [1.807, 2.05) is 16.8 Å². The van der Waals surface area contributed by atoms with Crippen molar-refractivity contribution in [2.45, 2.75) is 6.54 Å². The van der Waals surface area contributed by atoms with Crippen molar-refractivity contribution in [3.05, 3.63) is 51.4 Å². The molecule has 2 aromatic heterocycles. The fourth-order valence-corrected chi connectivity index (χ4v) is 2.31. The van der Waals surface area contributed by atoms with E-state index >= 15 is 0 Å². The van der Waals surface area contributed by atoms with Crippen LogP contribution in [0.1, 0.15) is 15.9 Å². The number of carbonyl (C=O) groups is 1. The molecule has 0 aromatic carbocycles. The lowest BCUT2D eigenvalue weighted by molar-refractivity contribution is 0.0785. The van der Waals surface area contributed by atoms with Gasteiger partial charge in [-0.2, -0.15) is 11.3 Å². The van der Waals surface area contributed by atoms with Crippen LogP contribution in [0.2, 0.25) is 5.02 Å². The number of halogens is 1. The molecule has 3 nitrogen and oxygen atoms in total. The van der Waals surface area contributed by atoms with Crippen molar-refractivity contribution < 1.29 is 4.79 Å². The normalized spacial score (nSPS) is 10.2. The van der Waals surface area contributed by atoms with E-state index in [2.05, 4.69) is 4.98 Å². The van der Waals surface area contributed by atoms with Gasteiger partial charge in [-0.1, -0.05) is 11.6 Å². The second-order valence-electron chi connectivity index (χ2n) is 3.65. The highest BCUT2D eigenvalue weighted by molar-refractivity contribution is 7.07. The van der Waals surface area contributed by atoms with E-state index in [0.29, 0.717) is 17.1 Å². The molecule has 0 aliphatic rings. The molecule has 2 heterocycles. The zero-order chi connectivity index (χ0) is 12.3. The predicted octanol–water partition coefficient (Wildman–Crippen LogP) is 3.07. The highest BCUT2D eigenvalue weighted by Gasteiger charge is 2.15. The van der Waals surface area contributed by atoms with Gasteiger partial charge in [-0.05, 0) is 28.5 Å². The number of amides is 1. The van der Waals surface area contributed by atoms with Crippen molar-refractivity contribution in [3.8, 4) is 0 Å². The molecule has 0 unspecified atom stereocenters. The Balaban J connectivity index is 2.13. The SMILES string of the molecule is CN(Cc1ccsc1)C(=O)c1cnccc1Cl. The first-order chi connectivity index (χ1) is 8.18. The lowest BCUT2D eigenvalue weighted by Gasteiger charge is -2.16. The summed E-state index contributed by atoms with van der Waals surface area (Å²) in [5.74, 6) is -0.116. The minimum atomic E-state index is -0.116. The minimum Gasteiger partial charge on any atom is -0.337 e. The van der Waals surface area contributed by atoms with Gasteiger partial charge in [0, 0.05) is 26.0 Å². The molecular formula is C12H11ClN2OS. The topological polar surface area (TPSA) is 33.2 Å². The molecule has 0 fully saturated rings. The van der Waals surface area contributed by atoms with E-state index in [9.17, 15) is 4.79 Å². The highest BCUT2D eigenvalue weighted by Crippen LogP contribution is 2.17. The summed E-state index contributed by atoms with van der Waals surface area (Å²) in [6, 6.07) is 3.62. The number of nitrogens with zero attached hydrogens (tertiary/aromatic N) is 2. The van der Waals surface area contributed by atoms with E-state index in [-0.39, 0.29) is 5.91 Å². The van der Waals surface area contributed by atoms with Crippen LogP contribution < -0.4 is 0 Å². The molecule has 0 atom stereocenters.